The van der Waals surface area contributed by atoms with E-state index in [2.05, 4.69) is 15.8 Å². The van der Waals surface area contributed by atoms with Crippen molar-refractivity contribution in [2.45, 2.75) is 6.92 Å². The standard InChI is InChI=1S/C20H16N4O5/c1-13-5-10-18(29-13)12-21-23-20(26)14-6-8-16(9-7-14)22-19(25)15-3-2-4-17(11-15)24(27)28/h2-12H,1H3,(H,22,25)(H,23,26)/b21-12-. The van der Waals surface area contributed by atoms with E-state index in [-0.39, 0.29) is 11.3 Å². The maximum absolute atomic E-state index is 12.2. The highest BCUT2D eigenvalue weighted by atomic mass is 16.6. The Labute approximate surface area is 165 Å². The second-order valence-corrected chi connectivity index (χ2v) is 5.99. The molecule has 0 fully saturated rings. The van der Waals surface area contributed by atoms with Crippen molar-refractivity contribution in [1.82, 2.24) is 5.43 Å². The molecule has 29 heavy (non-hydrogen) atoms. The number of rotatable bonds is 6. The number of anilines is 1. The first-order valence-electron chi connectivity index (χ1n) is 8.48. The first kappa shape index (κ1) is 19.5. The van der Waals surface area contributed by atoms with E-state index in [1.165, 1.54) is 42.6 Å². The fraction of sp³-hybridized carbons (Fsp3) is 0.0500. The summed E-state index contributed by atoms with van der Waals surface area (Å²) in [6.45, 7) is 1.80. The SMILES string of the molecule is Cc1ccc(/C=N\NC(=O)c2ccc(NC(=O)c3cccc([N+](=O)[O-])c3)cc2)o1. The molecule has 0 unspecified atom stereocenters. The molecule has 1 aromatic heterocycles. The quantitative estimate of drug-likeness (QED) is 0.377. The molecule has 0 saturated heterocycles. The summed E-state index contributed by atoms with van der Waals surface area (Å²) in [7, 11) is 0. The van der Waals surface area contributed by atoms with E-state index in [4.69, 9.17) is 4.42 Å². The van der Waals surface area contributed by atoms with Gasteiger partial charge in [0.05, 0.1) is 11.1 Å². The highest BCUT2D eigenvalue weighted by Crippen LogP contribution is 2.16. The minimum Gasteiger partial charge on any atom is -0.460 e. The van der Waals surface area contributed by atoms with Crippen molar-refractivity contribution in [2.75, 3.05) is 5.32 Å². The van der Waals surface area contributed by atoms with E-state index in [1.54, 1.807) is 31.2 Å². The third-order valence-corrected chi connectivity index (χ3v) is 3.84. The number of aryl methyl sites for hydroxylation is 1. The Morgan fingerprint density at radius 3 is 2.45 bits per heavy atom. The van der Waals surface area contributed by atoms with Crippen LogP contribution in [0.1, 0.15) is 32.2 Å². The van der Waals surface area contributed by atoms with E-state index < -0.39 is 16.7 Å². The van der Waals surface area contributed by atoms with Crippen LogP contribution >= 0.6 is 0 Å². The predicted molar refractivity (Wildman–Crippen MR) is 106 cm³/mol. The van der Waals surface area contributed by atoms with Crippen molar-refractivity contribution in [1.29, 1.82) is 0 Å². The summed E-state index contributed by atoms with van der Waals surface area (Å²) >= 11 is 0. The normalized spacial score (nSPS) is 10.7. The molecular weight excluding hydrogens is 376 g/mol. The Balaban J connectivity index is 1.60. The molecule has 2 aromatic carbocycles. The fourth-order valence-corrected chi connectivity index (χ4v) is 2.41. The molecule has 1 heterocycles. The topological polar surface area (TPSA) is 127 Å². The molecule has 0 aliphatic carbocycles. The Hall–Kier alpha value is -4.27. The molecule has 2 amide bonds. The lowest BCUT2D eigenvalue weighted by molar-refractivity contribution is -0.384. The van der Waals surface area contributed by atoms with Crippen LogP contribution in [0.3, 0.4) is 0 Å². The zero-order chi connectivity index (χ0) is 20.8. The smallest absolute Gasteiger partial charge is 0.271 e. The average molecular weight is 392 g/mol. The van der Waals surface area contributed by atoms with Crippen LogP contribution in [0.25, 0.3) is 0 Å². The Bertz CT molecular complexity index is 1090. The van der Waals surface area contributed by atoms with Gasteiger partial charge in [-0.2, -0.15) is 5.10 Å². The minimum atomic E-state index is -0.570. The molecule has 0 aliphatic rings. The second kappa shape index (κ2) is 8.61. The van der Waals surface area contributed by atoms with E-state index in [0.717, 1.165) is 5.76 Å². The van der Waals surface area contributed by atoms with Gasteiger partial charge in [0.25, 0.3) is 17.5 Å². The molecule has 0 spiro atoms. The van der Waals surface area contributed by atoms with Crippen molar-refractivity contribution in [3.63, 3.8) is 0 Å². The monoisotopic (exact) mass is 392 g/mol. The number of hydrogen-bond donors (Lipinski definition) is 2. The highest BCUT2D eigenvalue weighted by Gasteiger charge is 2.12. The van der Waals surface area contributed by atoms with Crippen molar-refractivity contribution in [2.24, 2.45) is 5.10 Å². The largest absolute Gasteiger partial charge is 0.460 e. The van der Waals surface area contributed by atoms with Crippen LogP contribution < -0.4 is 10.7 Å². The average Bonchev–Trinajstić information content (AvgIpc) is 3.13. The lowest BCUT2D eigenvalue weighted by Crippen LogP contribution is -2.17. The van der Waals surface area contributed by atoms with Crippen LogP contribution in [0.2, 0.25) is 0 Å². The van der Waals surface area contributed by atoms with Crippen LogP contribution in [0, 0.1) is 17.0 Å². The first-order valence-corrected chi connectivity index (χ1v) is 8.48. The molecule has 146 valence electrons. The Kier molecular flexibility index (Phi) is 5.79. The van der Waals surface area contributed by atoms with Crippen LogP contribution in [-0.2, 0) is 0 Å². The summed E-state index contributed by atoms with van der Waals surface area (Å²) in [6, 6.07) is 15.0. The number of non-ortho nitro benzene ring substituents is 1. The number of hydrogen-bond acceptors (Lipinski definition) is 6. The summed E-state index contributed by atoms with van der Waals surface area (Å²) in [4.78, 5) is 34.6. The van der Waals surface area contributed by atoms with Gasteiger partial charge in [0.1, 0.15) is 11.5 Å². The van der Waals surface area contributed by atoms with Gasteiger partial charge in [-0.25, -0.2) is 5.43 Å². The minimum absolute atomic E-state index is 0.156. The number of furan rings is 1. The molecule has 3 rings (SSSR count). The van der Waals surface area contributed by atoms with E-state index >= 15 is 0 Å². The number of amides is 2. The van der Waals surface area contributed by atoms with Gasteiger partial charge in [-0.1, -0.05) is 6.07 Å². The first-order chi connectivity index (χ1) is 13.9. The number of carbonyl (C=O) groups excluding carboxylic acids is 2. The molecule has 0 aliphatic heterocycles. The summed E-state index contributed by atoms with van der Waals surface area (Å²) in [5.74, 6) is 0.327. The summed E-state index contributed by atoms with van der Waals surface area (Å²) in [6.07, 6.45) is 1.39. The van der Waals surface area contributed by atoms with E-state index in [9.17, 15) is 19.7 Å². The number of nitro benzene ring substituents is 1. The van der Waals surface area contributed by atoms with E-state index in [0.29, 0.717) is 17.0 Å². The van der Waals surface area contributed by atoms with Crippen molar-refractivity contribution < 1.29 is 18.9 Å². The highest BCUT2D eigenvalue weighted by molar-refractivity contribution is 6.05. The molecule has 9 heteroatoms. The molecule has 0 bridgehead atoms. The van der Waals surface area contributed by atoms with Crippen LogP contribution in [-0.4, -0.2) is 23.0 Å². The van der Waals surface area contributed by atoms with Crippen LogP contribution in [0.5, 0.6) is 0 Å². The molecular formula is C20H16N4O5. The Morgan fingerprint density at radius 2 is 1.79 bits per heavy atom. The molecule has 0 saturated carbocycles. The number of nitrogens with one attached hydrogen (secondary N) is 2. The molecule has 3 aromatic rings. The van der Waals surface area contributed by atoms with Gasteiger partial charge < -0.3 is 9.73 Å². The van der Waals surface area contributed by atoms with Crippen molar-refractivity contribution in [3.05, 3.63) is 93.4 Å². The summed E-state index contributed by atoms with van der Waals surface area (Å²) < 4.78 is 5.30. The number of nitro groups is 1. The molecule has 0 atom stereocenters. The number of hydrazone groups is 1. The third-order valence-electron chi connectivity index (χ3n) is 3.84. The molecule has 0 radical (unpaired) electrons. The summed E-state index contributed by atoms with van der Waals surface area (Å²) in [5, 5.41) is 17.3. The number of nitrogens with zero attached hydrogens (tertiary/aromatic N) is 2. The van der Waals surface area contributed by atoms with Gasteiger partial charge in [-0.05, 0) is 49.4 Å². The number of carbonyl (C=O) groups is 2. The maximum Gasteiger partial charge on any atom is 0.271 e. The van der Waals surface area contributed by atoms with Gasteiger partial charge in [0, 0.05) is 28.9 Å². The molecule has 2 N–H and O–H groups in total. The van der Waals surface area contributed by atoms with Crippen LogP contribution in [0.15, 0.2) is 70.2 Å². The van der Waals surface area contributed by atoms with Gasteiger partial charge in [-0.15, -0.1) is 0 Å². The lowest BCUT2D eigenvalue weighted by atomic mass is 10.1. The zero-order valence-corrected chi connectivity index (χ0v) is 15.3. The van der Waals surface area contributed by atoms with Crippen molar-refractivity contribution >= 4 is 29.4 Å². The van der Waals surface area contributed by atoms with Crippen molar-refractivity contribution in [3.8, 4) is 0 Å². The Morgan fingerprint density at radius 1 is 1.03 bits per heavy atom. The molecule has 9 nitrogen and oxygen atoms in total. The van der Waals surface area contributed by atoms with Gasteiger partial charge in [0.2, 0.25) is 0 Å². The maximum atomic E-state index is 12.2. The predicted octanol–water partition coefficient (Wildman–Crippen LogP) is 3.51. The zero-order valence-electron chi connectivity index (χ0n) is 15.3. The van der Waals surface area contributed by atoms with Gasteiger partial charge >= 0.3 is 0 Å². The lowest BCUT2D eigenvalue weighted by Gasteiger charge is -2.06. The second-order valence-electron chi connectivity index (χ2n) is 5.99. The van der Waals surface area contributed by atoms with Crippen LogP contribution in [0.4, 0.5) is 11.4 Å². The van der Waals surface area contributed by atoms with Gasteiger partial charge in [0.15, 0.2) is 0 Å². The fourth-order valence-electron chi connectivity index (χ4n) is 2.41. The van der Waals surface area contributed by atoms with Gasteiger partial charge in [-0.3, -0.25) is 19.7 Å². The third kappa shape index (κ3) is 5.13. The number of benzene rings is 2. The van der Waals surface area contributed by atoms with E-state index in [1.807, 2.05) is 0 Å². The summed E-state index contributed by atoms with van der Waals surface area (Å²) in [5.41, 5.74) is 3.14.